The molecule has 1 fully saturated rings. The highest BCUT2D eigenvalue weighted by Gasteiger charge is 2.30. The van der Waals surface area contributed by atoms with Crippen molar-refractivity contribution in [2.45, 2.75) is 25.4 Å². The number of alkyl halides is 3. The normalized spacial score (nSPS) is 15.0. The summed E-state index contributed by atoms with van der Waals surface area (Å²) in [6.45, 7) is 1.30. The first-order valence-electron chi connectivity index (χ1n) is 9.88. The lowest BCUT2D eigenvalue weighted by Gasteiger charge is -2.31. The first-order valence-corrected chi connectivity index (χ1v) is 9.88. The molecule has 30 heavy (non-hydrogen) atoms. The number of urea groups is 1. The maximum absolute atomic E-state index is 12.6. The summed E-state index contributed by atoms with van der Waals surface area (Å²) in [5, 5.41) is 5.69. The van der Waals surface area contributed by atoms with Crippen molar-refractivity contribution in [2.24, 2.45) is 5.92 Å². The second-order valence-electron chi connectivity index (χ2n) is 7.29. The van der Waals surface area contributed by atoms with Gasteiger partial charge >= 0.3 is 12.2 Å². The summed E-state index contributed by atoms with van der Waals surface area (Å²) in [6, 6.07) is 14.0. The Bertz CT molecular complexity index is 846. The van der Waals surface area contributed by atoms with E-state index >= 15 is 0 Å². The van der Waals surface area contributed by atoms with E-state index in [0.717, 1.165) is 23.4 Å². The number of benzene rings is 2. The van der Waals surface area contributed by atoms with E-state index in [1.807, 2.05) is 30.3 Å². The molecule has 0 aliphatic carbocycles. The van der Waals surface area contributed by atoms with E-state index in [1.165, 1.54) is 12.1 Å². The molecule has 0 atom stereocenters. The zero-order valence-corrected chi connectivity index (χ0v) is 16.4. The smallest absolute Gasteiger partial charge is 0.338 e. The van der Waals surface area contributed by atoms with Crippen LogP contribution in [0.3, 0.4) is 0 Å². The van der Waals surface area contributed by atoms with Crippen molar-refractivity contribution < 1.29 is 22.8 Å². The number of hydrogen-bond donors (Lipinski definition) is 2. The maximum Gasteiger partial charge on any atom is 0.416 e. The topological polar surface area (TPSA) is 61.4 Å². The van der Waals surface area contributed by atoms with Crippen LogP contribution in [0.15, 0.2) is 54.6 Å². The number of nitrogens with one attached hydrogen (secondary N) is 2. The summed E-state index contributed by atoms with van der Waals surface area (Å²) in [4.78, 5) is 26.3. The van der Waals surface area contributed by atoms with Gasteiger partial charge in [0.25, 0.3) is 0 Å². The van der Waals surface area contributed by atoms with Crippen LogP contribution in [0, 0.1) is 5.92 Å². The number of para-hydroxylation sites is 1. The minimum absolute atomic E-state index is 0.0384. The van der Waals surface area contributed by atoms with Gasteiger partial charge in [-0.25, -0.2) is 4.79 Å². The third-order valence-corrected chi connectivity index (χ3v) is 5.17. The summed E-state index contributed by atoms with van der Waals surface area (Å²) in [7, 11) is 0. The van der Waals surface area contributed by atoms with Crippen LogP contribution in [0.4, 0.5) is 23.7 Å². The molecular formula is C22H24F3N3O2. The fourth-order valence-corrected chi connectivity index (χ4v) is 3.40. The maximum atomic E-state index is 12.6. The van der Waals surface area contributed by atoms with Crippen LogP contribution in [0.5, 0.6) is 0 Å². The van der Waals surface area contributed by atoms with Gasteiger partial charge < -0.3 is 15.5 Å². The number of hydrogen-bond acceptors (Lipinski definition) is 2. The molecule has 1 aliphatic heterocycles. The van der Waals surface area contributed by atoms with Gasteiger partial charge in [0.2, 0.25) is 5.91 Å². The minimum atomic E-state index is -4.35. The summed E-state index contributed by atoms with van der Waals surface area (Å²) in [5.41, 5.74) is 0.792. The lowest BCUT2D eigenvalue weighted by atomic mass is 9.96. The fourth-order valence-electron chi connectivity index (χ4n) is 3.40. The van der Waals surface area contributed by atoms with E-state index < -0.39 is 11.7 Å². The van der Waals surface area contributed by atoms with Gasteiger partial charge in [-0.05, 0) is 49.1 Å². The second-order valence-corrected chi connectivity index (χ2v) is 7.29. The summed E-state index contributed by atoms with van der Waals surface area (Å²) in [6.07, 6.45) is -2.73. The molecule has 0 radical (unpaired) electrons. The quantitative estimate of drug-likeness (QED) is 0.759. The second kappa shape index (κ2) is 9.65. The molecule has 8 heteroatoms. The van der Waals surface area contributed by atoms with E-state index in [2.05, 4.69) is 10.6 Å². The Labute approximate surface area is 173 Å². The molecule has 0 spiro atoms. The minimum Gasteiger partial charge on any atom is -0.338 e. The molecule has 2 aromatic rings. The van der Waals surface area contributed by atoms with Crippen molar-refractivity contribution >= 4 is 17.6 Å². The van der Waals surface area contributed by atoms with Crippen molar-refractivity contribution in [1.29, 1.82) is 0 Å². The molecule has 3 rings (SSSR count). The van der Waals surface area contributed by atoms with E-state index in [9.17, 15) is 22.8 Å². The van der Waals surface area contributed by atoms with E-state index in [4.69, 9.17) is 0 Å². The average molecular weight is 419 g/mol. The zero-order valence-electron chi connectivity index (χ0n) is 16.4. The number of halogens is 3. The van der Waals surface area contributed by atoms with Crippen molar-refractivity contribution in [3.05, 3.63) is 65.7 Å². The SMILES string of the molecule is O=C(Nc1ccccc1)C1CCN(C(=O)NCCc2ccc(C(F)(F)F)cc2)CC1. The van der Waals surface area contributed by atoms with Crippen LogP contribution >= 0.6 is 0 Å². The van der Waals surface area contributed by atoms with Gasteiger partial charge in [0.1, 0.15) is 0 Å². The van der Waals surface area contributed by atoms with Crippen molar-refractivity contribution in [3.63, 3.8) is 0 Å². The Balaban J connectivity index is 1.38. The standard InChI is InChI=1S/C22H24F3N3O2/c23-22(24,25)18-8-6-16(7-9-18)10-13-26-21(30)28-14-11-17(12-15-28)20(29)27-19-4-2-1-3-5-19/h1-9,17H,10-15H2,(H,26,30)(H,27,29). The Kier molecular flexibility index (Phi) is 6.97. The van der Waals surface area contributed by atoms with Crippen molar-refractivity contribution in [3.8, 4) is 0 Å². The van der Waals surface area contributed by atoms with Crippen LogP contribution in [0.2, 0.25) is 0 Å². The van der Waals surface area contributed by atoms with Crippen LogP contribution in [-0.4, -0.2) is 36.5 Å². The number of likely N-dealkylation sites (tertiary alicyclic amines) is 1. The van der Waals surface area contributed by atoms with Crippen LogP contribution < -0.4 is 10.6 Å². The molecule has 3 amide bonds. The predicted octanol–water partition coefficient (Wildman–Crippen LogP) is 4.31. The van der Waals surface area contributed by atoms with E-state index in [0.29, 0.717) is 38.9 Å². The number of piperidine rings is 1. The highest BCUT2D eigenvalue weighted by Crippen LogP contribution is 2.29. The number of amides is 3. The fraction of sp³-hybridized carbons (Fsp3) is 0.364. The molecule has 0 saturated carbocycles. The number of anilines is 1. The molecule has 1 aliphatic rings. The molecule has 1 saturated heterocycles. The van der Waals surface area contributed by atoms with Gasteiger partial charge in [0.05, 0.1) is 5.56 Å². The molecule has 2 N–H and O–H groups in total. The van der Waals surface area contributed by atoms with Crippen molar-refractivity contribution in [2.75, 3.05) is 25.0 Å². The third-order valence-electron chi connectivity index (χ3n) is 5.17. The lowest BCUT2D eigenvalue weighted by molar-refractivity contribution is -0.137. The van der Waals surface area contributed by atoms with E-state index in [-0.39, 0.29) is 17.9 Å². The summed E-state index contributed by atoms with van der Waals surface area (Å²) >= 11 is 0. The Morgan fingerprint density at radius 3 is 2.20 bits per heavy atom. The molecule has 2 aromatic carbocycles. The van der Waals surface area contributed by atoms with Crippen LogP contribution in [-0.2, 0) is 17.4 Å². The molecule has 0 bridgehead atoms. The van der Waals surface area contributed by atoms with Gasteiger partial charge in [-0.1, -0.05) is 30.3 Å². The van der Waals surface area contributed by atoms with Gasteiger partial charge in [0, 0.05) is 31.2 Å². The van der Waals surface area contributed by atoms with E-state index in [1.54, 1.807) is 4.90 Å². The molecule has 160 valence electrons. The van der Waals surface area contributed by atoms with Gasteiger partial charge in [-0.3, -0.25) is 4.79 Å². The largest absolute Gasteiger partial charge is 0.416 e. The Morgan fingerprint density at radius 1 is 0.967 bits per heavy atom. The van der Waals surface area contributed by atoms with Crippen LogP contribution in [0.25, 0.3) is 0 Å². The molecule has 5 nitrogen and oxygen atoms in total. The molecule has 1 heterocycles. The predicted molar refractivity (Wildman–Crippen MR) is 108 cm³/mol. The number of carbonyl (C=O) groups is 2. The number of nitrogens with zero attached hydrogens (tertiary/aromatic N) is 1. The summed E-state index contributed by atoms with van der Waals surface area (Å²) in [5.74, 6) is -0.176. The van der Waals surface area contributed by atoms with Gasteiger partial charge in [0.15, 0.2) is 0 Å². The summed E-state index contributed by atoms with van der Waals surface area (Å²) < 4.78 is 37.7. The number of rotatable bonds is 5. The number of carbonyl (C=O) groups excluding carboxylic acids is 2. The Morgan fingerprint density at radius 2 is 1.60 bits per heavy atom. The van der Waals surface area contributed by atoms with Crippen molar-refractivity contribution in [1.82, 2.24) is 10.2 Å². The van der Waals surface area contributed by atoms with Gasteiger partial charge in [-0.2, -0.15) is 13.2 Å². The zero-order chi connectivity index (χ0) is 21.6. The molecule has 0 aromatic heterocycles. The highest BCUT2D eigenvalue weighted by atomic mass is 19.4. The molecular weight excluding hydrogens is 395 g/mol. The highest BCUT2D eigenvalue weighted by molar-refractivity contribution is 5.92. The first kappa shape index (κ1) is 21.7. The first-order chi connectivity index (χ1) is 14.3. The lowest BCUT2D eigenvalue weighted by Crippen LogP contribution is -2.46. The van der Waals surface area contributed by atoms with Gasteiger partial charge in [-0.15, -0.1) is 0 Å². The Hall–Kier alpha value is -3.03. The monoisotopic (exact) mass is 419 g/mol. The average Bonchev–Trinajstić information content (AvgIpc) is 2.74. The molecule has 0 unspecified atom stereocenters. The van der Waals surface area contributed by atoms with Crippen LogP contribution in [0.1, 0.15) is 24.0 Å². The third kappa shape index (κ3) is 5.98.